The van der Waals surface area contributed by atoms with Gasteiger partial charge >= 0.3 is 12.1 Å². The lowest BCUT2D eigenvalue weighted by Gasteiger charge is -2.18. The van der Waals surface area contributed by atoms with E-state index in [1.54, 1.807) is 6.92 Å². The Morgan fingerprint density at radius 3 is 2.31 bits per heavy atom. The summed E-state index contributed by atoms with van der Waals surface area (Å²) < 4.78 is 5.53. The maximum Gasteiger partial charge on any atom is 0.407 e. The molecule has 0 radical (unpaired) electrons. The molecule has 35 heavy (non-hydrogen) atoms. The first kappa shape index (κ1) is 24.0. The van der Waals surface area contributed by atoms with Gasteiger partial charge in [0.2, 0.25) is 5.91 Å². The fraction of sp³-hybridized carbons (Fsp3) is 0.308. The van der Waals surface area contributed by atoms with E-state index in [1.165, 1.54) is 12.5 Å². The van der Waals surface area contributed by atoms with Gasteiger partial charge in [-0.3, -0.25) is 4.79 Å². The molecule has 2 amide bonds. The zero-order valence-corrected chi connectivity index (χ0v) is 19.4. The van der Waals surface area contributed by atoms with Crippen molar-refractivity contribution in [2.75, 3.05) is 6.61 Å². The van der Waals surface area contributed by atoms with Gasteiger partial charge in [-0.1, -0.05) is 48.5 Å². The van der Waals surface area contributed by atoms with E-state index in [0.717, 1.165) is 22.3 Å². The maximum atomic E-state index is 12.4. The maximum absolute atomic E-state index is 12.4. The van der Waals surface area contributed by atoms with Crippen LogP contribution in [0.5, 0.6) is 0 Å². The van der Waals surface area contributed by atoms with Gasteiger partial charge in [0.1, 0.15) is 12.6 Å². The summed E-state index contributed by atoms with van der Waals surface area (Å²) >= 11 is 0. The van der Waals surface area contributed by atoms with Crippen LogP contribution < -0.4 is 10.6 Å². The molecule has 0 fully saturated rings. The van der Waals surface area contributed by atoms with Crippen LogP contribution in [-0.2, 0) is 20.7 Å². The van der Waals surface area contributed by atoms with Crippen LogP contribution in [0.15, 0.2) is 61.1 Å². The Labute approximate surface area is 202 Å². The number of alkyl carbamates (subject to hydrolysis) is 1. The fourth-order valence-electron chi connectivity index (χ4n) is 4.34. The molecule has 0 spiro atoms. The molecule has 0 bridgehead atoms. The van der Waals surface area contributed by atoms with E-state index >= 15 is 0 Å². The third-order valence-corrected chi connectivity index (χ3v) is 6.12. The predicted octanol–water partition coefficient (Wildman–Crippen LogP) is 3.23. The second-order valence-corrected chi connectivity index (χ2v) is 8.65. The van der Waals surface area contributed by atoms with E-state index in [0.29, 0.717) is 12.1 Å². The first-order valence-electron chi connectivity index (χ1n) is 11.5. The summed E-state index contributed by atoms with van der Waals surface area (Å²) in [6, 6.07) is 14.8. The number of aliphatic carboxylic acids is 1. The summed E-state index contributed by atoms with van der Waals surface area (Å²) in [5, 5.41) is 14.6. The number of fused-ring (bicyclic) bond motifs is 3. The minimum atomic E-state index is -1.13. The molecule has 0 saturated heterocycles. The first-order chi connectivity index (χ1) is 16.9. The van der Waals surface area contributed by atoms with Crippen molar-refractivity contribution in [1.29, 1.82) is 0 Å². The molecule has 4 rings (SSSR count). The predicted molar refractivity (Wildman–Crippen MR) is 129 cm³/mol. The number of nitrogens with zero attached hydrogens (tertiary/aromatic N) is 1. The summed E-state index contributed by atoms with van der Waals surface area (Å²) in [5.41, 5.74) is 5.19. The minimum Gasteiger partial charge on any atom is -0.480 e. The molecule has 3 aromatic rings. The number of benzene rings is 2. The van der Waals surface area contributed by atoms with E-state index in [2.05, 4.69) is 44.9 Å². The van der Waals surface area contributed by atoms with Crippen molar-refractivity contribution < 1.29 is 24.2 Å². The number of aromatic nitrogens is 2. The van der Waals surface area contributed by atoms with Gasteiger partial charge in [0.15, 0.2) is 0 Å². The van der Waals surface area contributed by atoms with Crippen LogP contribution in [-0.4, -0.2) is 51.7 Å². The van der Waals surface area contributed by atoms with Crippen molar-refractivity contribution >= 4 is 18.0 Å². The number of ether oxygens (including phenoxy) is 1. The van der Waals surface area contributed by atoms with Crippen LogP contribution >= 0.6 is 0 Å². The topological polar surface area (TPSA) is 133 Å². The van der Waals surface area contributed by atoms with Gasteiger partial charge in [0.05, 0.1) is 6.33 Å². The van der Waals surface area contributed by atoms with Gasteiger partial charge < -0.3 is 25.5 Å². The fourth-order valence-corrected chi connectivity index (χ4v) is 4.34. The zero-order valence-electron chi connectivity index (χ0n) is 19.4. The van der Waals surface area contributed by atoms with E-state index in [-0.39, 0.29) is 31.4 Å². The molecule has 2 aromatic carbocycles. The average molecular weight is 477 g/mol. The molecule has 9 heteroatoms. The Bertz CT molecular complexity index is 1150. The third kappa shape index (κ3) is 5.87. The quantitative estimate of drug-likeness (QED) is 0.355. The van der Waals surface area contributed by atoms with Gasteiger partial charge in [-0.25, -0.2) is 14.6 Å². The van der Waals surface area contributed by atoms with Crippen molar-refractivity contribution in [1.82, 2.24) is 20.6 Å². The number of hydrogen-bond donors (Lipinski definition) is 4. The number of carboxylic acid groups (broad SMARTS) is 1. The first-order valence-corrected chi connectivity index (χ1v) is 11.5. The normalized spacial score (nSPS) is 13.9. The van der Waals surface area contributed by atoms with E-state index < -0.39 is 24.0 Å². The average Bonchev–Trinajstić information content (AvgIpc) is 3.47. The minimum absolute atomic E-state index is 0.0305. The highest BCUT2D eigenvalue weighted by molar-refractivity contribution is 5.83. The van der Waals surface area contributed by atoms with Crippen LogP contribution in [0.3, 0.4) is 0 Å². The van der Waals surface area contributed by atoms with Crippen molar-refractivity contribution in [3.63, 3.8) is 0 Å². The number of amides is 2. The van der Waals surface area contributed by atoms with Crippen LogP contribution in [0.1, 0.15) is 42.5 Å². The standard InChI is InChI=1S/C26H28N4O5/c1-16(10-11-24(31)30-23(25(32)33)12-17-13-27-15-28-17)29-26(34)35-14-22-20-8-4-2-6-18(20)19-7-3-5-9-21(19)22/h2-9,13,15-16,22-23H,10-12,14H2,1H3,(H,27,28)(H,29,34)(H,30,31)(H,32,33). The monoisotopic (exact) mass is 476 g/mol. The number of nitrogens with one attached hydrogen (secondary N) is 3. The molecule has 1 aromatic heterocycles. The van der Waals surface area contributed by atoms with Crippen LogP contribution in [0.2, 0.25) is 0 Å². The Kier molecular flexibility index (Phi) is 7.45. The summed E-state index contributed by atoms with van der Waals surface area (Å²) in [5.74, 6) is -1.56. The van der Waals surface area contributed by atoms with E-state index in [9.17, 15) is 19.5 Å². The highest BCUT2D eigenvalue weighted by Gasteiger charge is 2.29. The highest BCUT2D eigenvalue weighted by atomic mass is 16.5. The second-order valence-electron chi connectivity index (χ2n) is 8.65. The number of imidazole rings is 1. The molecule has 182 valence electrons. The molecule has 1 heterocycles. The molecule has 2 unspecified atom stereocenters. The smallest absolute Gasteiger partial charge is 0.407 e. The lowest BCUT2D eigenvalue weighted by Crippen LogP contribution is -2.43. The van der Waals surface area contributed by atoms with Crippen LogP contribution in [0.4, 0.5) is 4.79 Å². The Balaban J connectivity index is 1.23. The van der Waals surface area contributed by atoms with Crippen molar-refractivity contribution in [2.45, 2.75) is 44.2 Å². The summed E-state index contributed by atoms with van der Waals surface area (Å²) in [6.07, 6.45) is 2.93. The lowest BCUT2D eigenvalue weighted by molar-refractivity contribution is -0.141. The molecule has 9 nitrogen and oxygen atoms in total. The van der Waals surface area contributed by atoms with Crippen LogP contribution in [0.25, 0.3) is 11.1 Å². The molecule has 1 aliphatic rings. The molecule has 4 N–H and O–H groups in total. The number of carboxylic acids is 1. The summed E-state index contributed by atoms with van der Waals surface area (Å²) in [4.78, 5) is 42.8. The second kappa shape index (κ2) is 10.9. The number of H-pyrrole nitrogens is 1. The summed E-state index contributed by atoms with van der Waals surface area (Å²) in [6.45, 7) is 1.98. The molecule has 1 aliphatic carbocycles. The van der Waals surface area contributed by atoms with Gasteiger partial charge in [-0.05, 0) is 35.6 Å². The van der Waals surface area contributed by atoms with E-state index in [4.69, 9.17) is 4.74 Å². The Morgan fingerprint density at radius 2 is 1.71 bits per heavy atom. The van der Waals surface area contributed by atoms with Crippen molar-refractivity contribution in [2.24, 2.45) is 0 Å². The number of hydrogen-bond acceptors (Lipinski definition) is 5. The Morgan fingerprint density at radius 1 is 1.06 bits per heavy atom. The SMILES string of the molecule is CC(CCC(=O)NC(Cc1cnc[nH]1)C(=O)O)NC(=O)OCC1c2ccccc2-c2ccccc21. The van der Waals surface area contributed by atoms with Gasteiger partial charge in [-0.2, -0.15) is 0 Å². The number of carbonyl (C=O) groups excluding carboxylic acids is 2. The molecular weight excluding hydrogens is 448 g/mol. The van der Waals surface area contributed by atoms with Crippen molar-refractivity contribution in [3.05, 3.63) is 77.9 Å². The number of rotatable bonds is 10. The molecule has 2 atom stereocenters. The zero-order chi connectivity index (χ0) is 24.8. The number of aromatic amines is 1. The van der Waals surface area contributed by atoms with Gasteiger partial charge in [0.25, 0.3) is 0 Å². The van der Waals surface area contributed by atoms with Gasteiger partial charge in [-0.15, -0.1) is 0 Å². The molecule has 0 saturated carbocycles. The Hall–Kier alpha value is -4.14. The summed E-state index contributed by atoms with van der Waals surface area (Å²) in [7, 11) is 0. The third-order valence-electron chi connectivity index (χ3n) is 6.12. The van der Waals surface area contributed by atoms with Gasteiger partial charge in [0, 0.05) is 36.7 Å². The number of carbonyl (C=O) groups is 3. The highest BCUT2D eigenvalue weighted by Crippen LogP contribution is 2.44. The van der Waals surface area contributed by atoms with Crippen molar-refractivity contribution in [3.8, 4) is 11.1 Å². The molecular formula is C26H28N4O5. The van der Waals surface area contributed by atoms with Crippen LogP contribution in [0, 0.1) is 0 Å². The molecule has 0 aliphatic heterocycles. The lowest BCUT2D eigenvalue weighted by atomic mass is 9.98. The van der Waals surface area contributed by atoms with E-state index in [1.807, 2.05) is 24.3 Å². The largest absolute Gasteiger partial charge is 0.480 e.